The Bertz CT molecular complexity index is 830. The minimum Gasteiger partial charge on any atom is -0.299 e. The number of nitrogens with zero attached hydrogens (tertiary/aromatic N) is 1. The number of aromatic nitrogens is 1. The van der Waals surface area contributed by atoms with Crippen molar-refractivity contribution in [2.75, 3.05) is 0 Å². The first-order valence-electron chi connectivity index (χ1n) is 8.98. The Morgan fingerprint density at radius 3 is 1.63 bits per heavy atom. The van der Waals surface area contributed by atoms with Crippen molar-refractivity contribution in [2.24, 2.45) is 0 Å². The van der Waals surface area contributed by atoms with Crippen LogP contribution in [0, 0.1) is 5.82 Å². The van der Waals surface area contributed by atoms with E-state index in [1.54, 1.807) is 24.3 Å². The second-order valence-electron chi connectivity index (χ2n) is 6.89. The Kier molecular flexibility index (Phi) is 6.94. The first-order valence-corrected chi connectivity index (χ1v) is 8.98. The second-order valence-corrected chi connectivity index (χ2v) is 6.89. The number of halogens is 1. The molecule has 0 atom stereocenters. The van der Waals surface area contributed by atoms with Crippen molar-refractivity contribution in [1.29, 1.82) is 0 Å². The number of carbonyl (C=O) groups is 2. The van der Waals surface area contributed by atoms with E-state index in [4.69, 9.17) is 4.98 Å². The molecule has 4 heteroatoms. The van der Waals surface area contributed by atoms with Crippen molar-refractivity contribution in [3.63, 3.8) is 0 Å². The zero-order valence-electron chi connectivity index (χ0n) is 16.1. The summed E-state index contributed by atoms with van der Waals surface area (Å²) < 4.78 is 13.5. The fourth-order valence-corrected chi connectivity index (χ4v) is 3.07. The minimum absolute atomic E-state index is 0.122. The lowest BCUT2D eigenvalue weighted by molar-refractivity contribution is -0.104. The number of rotatable bonds is 7. The third-order valence-electron chi connectivity index (χ3n) is 4.24. The van der Waals surface area contributed by atoms with Crippen LogP contribution in [0.1, 0.15) is 62.0 Å². The molecule has 1 heterocycles. The molecule has 0 fully saturated rings. The summed E-state index contributed by atoms with van der Waals surface area (Å²) in [5.74, 6) is -0.0786. The summed E-state index contributed by atoms with van der Waals surface area (Å²) in [5, 5.41) is 0. The van der Waals surface area contributed by atoms with Crippen LogP contribution in [0.3, 0.4) is 0 Å². The molecule has 0 amide bonds. The van der Waals surface area contributed by atoms with Crippen molar-refractivity contribution < 1.29 is 14.0 Å². The summed E-state index contributed by atoms with van der Waals surface area (Å²) in [6.45, 7) is 8.17. The Balaban J connectivity index is 3.00. The Morgan fingerprint density at radius 2 is 1.26 bits per heavy atom. The number of carbonyl (C=O) groups excluding carboxylic acids is 2. The van der Waals surface area contributed by atoms with Crippen LogP contribution in [0.15, 0.2) is 36.4 Å². The van der Waals surface area contributed by atoms with Crippen LogP contribution in [0.5, 0.6) is 0 Å². The molecular formula is C23H24FNO2. The van der Waals surface area contributed by atoms with E-state index in [0.29, 0.717) is 0 Å². The van der Waals surface area contributed by atoms with Gasteiger partial charge in [-0.15, -0.1) is 0 Å². The lowest BCUT2D eigenvalue weighted by Crippen LogP contribution is -2.08. The van der Waals surface area contributed by atoms with E-state index in [1.807, 2.05) is 27.7 Å². The van der Waals surface area contributed by atoms with Gasteiger partial charge in [-0.2, -0.15) is 0 Å². The Labute approximate surface area is 159 Å². The zero-order chi connectivity index (χ0) is 20.0. The van der Waals surface area contributed by atoms with Crippen LogP contribution < -0.4 is 0 Å². The van der Waals surface area contributed by atoms with Gasteiger partial charge in [-0.3, -0.25) is 14.6 Å². The predicted molar refractivity (Wildman–Crippen MR) is 108 cm³/mol. The van der Waals surface area contributed by atoms with Crippen molar-refractivity contribution in [3.05, 3.63) is 64.7 Å². The molecule has 0 bridgehead atoms. The normalized spacial score (nSPS) is 11.8. The maximum Gasteiger partial charge on any atom is 0.142 e. The highest BCUT2D eigenvalue weighted by Gasteiger charge is 2.21. The van der Waals surface area contributed by atoms with Crippen LogP contribution in [0.25, 0.3) is 23.3 Å². The van der Waals surface area contributed by atoms with Gasteiger partial charge in [0.25, 0.3) is 0 Å². The van der Waals surface area contributed by atoms with Crippen LogP contribution in [0.4, 0.5) is 4.39 Å². The molecule has 0 aliphatic heterocycles. The zero-order valence-corrected chi connectivity index (χ0v) is 16.1. The fourth-order valence-electron chi connectivity index (χ4n) is 3.07. The molecule has 0 N–H and O–H groups in total. The molecule has 3 nitrogen and oxygen atoms in total. The average molecular weight is 365 g/mol. The van der Waals surface area contributed by atoms with E-state index in [1.165, 1.54) is 24.3 Å². The maximum absolute atomic E-state index is 13.5. The third kappa shape index (κ3) is 4.64. The van der Waals surface area contributed by atoms with E-state index < -0.39 is 0 Å². The van der Waals surface area contributed by atoms with Gasteiger partial charge in [0.15, 0.2) is 0 Å². The SMILES string of the molecule is CC(C)c1nc(C(C)C)c(/C=C/C=O)c(-c2ccc(F)cc2)c1C=CC=O. The molecule has 0 spiro atoms. The molecule has 0 saturated heterocycles. The lowest BCUT2D eigenvalue weighted by Gasteiger charge is -2.22. The average Bonchev–Trinajstić information content (AvgIpc) is 2.64. The summed E-state index contributed by atoms with van der Waals surface area (Å²) in [7, 11) is 0. The van der Waals surface area contributed by atoms with Crippen LogP contribution in [-0.4, -0.2) is 17.6 Å². The number of pyridine rings is 1. The van der Waals surface area contributed by atoms with Crippen LogP contribution in [0.2, 0.25) is 0 Å². The molecule has 0 unspecified atom stereocenters. The summed E-state index contributed by atoms with van der Waals surface area (Å²) in [6, 6.07) is 6.21. The van der Waals surface area contributed by atoms with Gasteiger partial charge in [0.05, 0.1) is 11.4 Å². The van der Waals surface area contributed by atoms with Crippen LogP contribution >= 0.6 is 0 Å². The first-order chi connectivity index (χ1) is 12.9. The molecule has 140 valence electrons. The molecule has 1 aromatic heterocycles. The molecule has 0 saturated carbocycles. The fraction of sp³-hybridized carbons (Fsp3) is 0.261. The standard InChI is InChI=1S/C23H24FNO2/c1-15(2)22-19(7-5-13-26)21(17-9-11-18(24)12-10-17)20(8-6-14-27)23(25-22)16(3)4/h5-16H,1-4H3/b7-5+,8-6?. The molecule has 0 aliphatic carbocycles. The quantitative estimate of drug-likeness (QED) is 0.477. The van der Waals surface area contributed by atoms with Gasteiger partial charge in [0.1, 0.15) is 18.4 Å². The van der Waals surface area contributed by atoms with Gasteiger partial charge in [-0.1, -0.05) is 39.8 Å². The number of benzene rings is 1. The number of allylic oxidation sites excluding steroid dienone is 2. The van der Waals surface area contributed by atoms with Crippen molar-refractivity contribution in [3.8, 4) is 11.1 Å². The van der Waals surface area contributed by atoms with E-state index in [9.17, 15) is 14.0 Å². The van der Waals surface area contributed by atoms with Gasteiger partial charge in [-0.05, 0) is 59.4 Å². The summed E-state index contributed by atoms with van der Waals surface area (Å²) in [4.78, 5) is 26.8. The predicted octanol–water partition coefficient (Wildman–Crippen LogP) is 5.56. The molecule has 2 rings (SSSR count). The highest BCUT2D eigenvalue weighted by molar-refractivity contribution is 5.89. The van der Waals surface area contributed by atoms with E-state index >= 15 is 0 Å². The van der Waals surface area contributed by atoms with Crippen molar-refractivity contribution in [2.45, 2.75) is 39.5 Å². The number of aldehydes is 2. The van der Waals surface area contributed by atoms with Gasteiger partial charge >= 0.3 is 0 Å². The first kappa shape index (κ1) is 20.4. The summed E-state index contributed by atoms with van der Waals surface area (Å²) in [6.07, 6.45) is 7.76. The second kappa shape index (κ2) is 9.17. The van der Waals surface area contributed by atoms with Crippen molar-refractivity contribution in [1.82, 2.24) is 4.98 Å². The van der Waals surface area contributed by atoms with Crippen LogP contribution in [-0.2, 0) is 9.59 Å². The molecule has 2 aromatic rings. The van der Waals surface area contributed by atoms with Gasteiger partial charge in [-0.25, -0.2) is 4.39 Å². The third-order valence-corrected chi connectivity index (χ3v) is 4.24. The van der Waals surface area contributed by atoms with Gasteiger partial charge in [0.2, 0.25) is 0 Å². The Morgan fingerprint density at radius 1 is 0.815 bits per heavy atom. The minimum atomic E-state index is -0.323. The molecule has 27 heavy (non-hydrogen) atoms. The van der Waals surface area contributed by atoms with Gasteiger partial charge in [0, 0.05) is 11.1 Å². The topological polar surface area (TPSA) is 47.0 Å². The van der Waals surface area contributed by atoms with Gasteiger partial charge < -0.3 is 0 Å². The highest BCUT2D eigenvalue weighted by atomic mass is 19.1. The maximum atomic E-state index is 13.5. The molecule has 0 radical (unpaired) electrons. The number of hydrogen-bond acceptors (Lipinski definition) is 3. The molecule has 0 aliphatic rings. The molecular weight excluding hydrogens is 341 g/mol. The monoisotopic (exact) mass is 365 g/mol. The highest BCUT2D eigenvalue weighted by Crippen LogP contribution is 2.38. The smallest absolute Gasteiger partial charge is 0.142 e. The number of hydrogen-bond donors (Lipinski definition) is 0. The summed E-state index contributed by atoms with van der Waals surface area (Å²) in [5.41, 5.74) is 4.98. The lowest BCUT2D eigenvalue weighted by atomic mass is 9.86. The Hall–Kier alpha value is -2.88. The summed E-state index contributed by atoms with van der Waals surface area (Å²) >= 11 is 0. The van der Waals surface area contributed by atoms with E-state index in [-0.39, 0.29) is 17.7 Å². The van der Waals surface area contributed by atoms with E-state index in [0.717, 1.165) is 46.2 Å². The van der Waals surface area contributed by atoms with Crippen molar-refractivity contribution >= 4 is 24.7 Å². The van der Waals surface area contributed by atoms with E-state index in [2.05, 4.69) is 0 Å². The molecule has 1 aromatic carbocycles. The largest absolute Gasteiger partial charge is 0.299 e.